The van der Waals surface area contributed by atoms with Gasteiger partial charge in [0, 0.05) is 62.2 Å². The largest absolute Gasteiger partial charge is 0.488 e. The molecular formula is C41H45ClN4O5. The van der Waals surface area contributed by atoms with Crippen molar-refractivity contribution in [3.63, 3.8) is 0 Å². The van der Waals surface area contributed by atoms with Crippen LogP contribution in [-0.2, 0) is 19.8 Å². The fraction of sp³-hybridized carbons (Fsp3) is 0.415. The lowest BCUT2D eigenvalue weighted by Gasteiger charge is -2.28. The predicted molar refractivity (Wildman–Crippen MR) is 196 cm³/mol. The van der Waals surface area contributed by atoms with E-state index >= 15 is 0 Å². The number of piperidine rings is 1. The minimum atomic E-state index is -0.220. The van der Waals surface area contributed by atoms with E-state index in [1.807, 2.05) is 24.3 Å². The molecule has 0 radical (unpaired) electrons. The normalized spacial score (nSPS) is 19.1. The topological polar surface area (TPSA) is 100 Å². The Balaban J connectivity index is 1.05. The number of aliphatic hydroxyl groups is 1. The summed E-state index contributed by atoms with van der Waals surface area (Å²) in [6, 6.07) is 20.2. The number of ether oxygens (including phenoxy) is 4. The Bertz CT molecular complexity index is 1870. The van der Waals surface area contributed by atoms with Gasteiger partial charge in [-0.05, 0) is 85.8 Å². The molecule has 0 bridgehead atoms. The quantitative estimate of drug-likeness (QED) is 0.162. The minimum absolute atomic E-state index is 0.0319. The molecule has 0 spiro atoms. The van der Waals surface area contributed by atoms with Crippen molar-refractivity contribution in [3.05, 3.63) is 99.8 Å². The number of likely N-dealkylation sites (tertiary alicyclic amines) is 2. The van der Waals surface area contributed by atoms with Gasteiger partial charge >= 0.3 is 0 Å². The molecule has 4 heterocycles. The zero-order valence-corrected chi connectivity index (χ0v) is 29.9. The summed E-state index contributed by atoms with van der Waals surface area (Å²) in [5.74, 6) is 2.77. The summed E-state index contributed by atoms with van der Waals surface area (Å²) in [6.45, 7) is 8.62. The Kier molecular flexibility index (Phi) is 11.2. The lowest BCUT2D eigenvalue weighted by Crippen LogP contribution is -2.34. The molecule has 1 unspecified atom stereocenters. The molecule has 3 aliphatic heterocycles. The highest BCUT2D eigenvalue weighted by atomic mass is 35.5. The van der Waals surface area contributed by atoms with Crippen LogP contribution in [0.2, 0.25) is 5.02 Å². The number of fused-ring (bicyclic) bond motifs is 1. The van der Waals surface area contributed by atoms with Crippen LogP contribution < -0.4 is 18.9 Å². The van der Waals surface area contributed by atoms with Gasteiger partial charge in [0.1, 0.15) is 43.5 Å². The van der Waals surface area contributed by atoms with Crippen LogP contribution in [0.4, 0.5) is 0 Å². The van der Waals surface area contributed by atoms with Gasteiger partial charge in [0.2, 0.25) is 0 Å². The second-order valence-electron chi connectivity index (χ2n) is 13.8. The summed E-state index contributed by atoms with van der Waals surface area (Å²) in [5, 5.41) is 19.7. The highest BCUT2D eigenvalue weighted by Gasteiger charge is 2.25. The SMILES string of the molecule is Cc1c(COc2cc(OCc3cncc(C#N)c3)c(CN3CCCCC3)cc2Cl)cccc1-c1ccc2c(c1)OC(CCN1CC[C@@H](O)C1)CO2. The number of benzene rings is 3. The third-order valence-electron chi connectivity index (χ3n) is 10.1. The van der Waals surface area contributed by atoms with Crippen molar-refractivity contribution < 1.29 is 24.1 Å². The van der Waals surface area contributed by atoms with Gasteiger partial charge in [-0.2, -0.15) is 5.26 Å². The fourth-order valence-corrected chi connectivity index (χ4v) is 7.41. The number of β-amino-alcohol motifs (C(OH)–C–C–N with tert-alkyl or cyclic N) is 1. The van der Waals surface area contributed by atoms with Crippen molar-refractivity contribution in [2.45, 2.75) is 71.0 Å². The van der Waals surface area contributed by atoms with E-state index in [-0.39, 0.29) is 18.8 Å². The molecule has 0 saturated carbocycles. The minimum Gasteiger partial charge on any atom is -0.488 e. The van der Waals surface area contributed by atoms with Crippen LogP contribution in [0.5, 0.6) is 23.0 Å². The van der Waals surface area contributed by atoms with E-state index in [4.69, 9.17) is 30.5 Å². The van der Waals surface area contributed by atoms with Crippen molar-refractivity contribution in [2.75, 3.05) is 39.3 Å². The van der Waals surface area contributed by atoms with Crippen LogP contribution in [0.15, 0.2) is 67.0 Å². The molecule has 1 aromatic heterocycles. The molecule has 2 atom stereocenters. The summed E-state index contributed by atoms with van der Waals surface area (Å²) in [7, 11) is 0. The second-order valence-corrected chi connectivity index (χ2v) is 14.2. The van der Waals surface area contributed by atoms with E-state index in [0.717, 1.165) is 97.0 Å². The van der Waals surface area contributed by atoms with Gasteiger partial charge < -0.3 is 29.0 Å². The first-order valence-electron chi connectivity index (χ1n) is 18.0. The summed E-state index contributed by atoms with van der Waals surface area (Å²) in [6.07, 6.45) is 8.34. The van der Waals surface area contributed by atoms with Crippen molar-refractivity contribution in [1.29, 1.82) is 5.26 Å². The Labute approximate surface area is 305 Å². The van der Waals surface area contributed by atoms with Crippen molar-refractivity contribution >= 4 is 11.6 Å². The van der Waals surface area contributed by atoms with E-state index in [9.17, 15) is 10.4 Å². The van der Waals surface area contributed by atoms with Crippen molar-refractivity contribution in [1.82, 2.24) is 14.8 Å². The second kappa shape index (κ2) is 16.3. The molecule has 51 heavy (non-hydrogen) atoms. The van der Waals surface area contributed by atoms with Gasteiger partial charge in [0.25, 0.3) is 0 Å². The molecule has 9 nitrogen and oxygen atoms in total. The molecule has 7 rings (SSSR count). The van der Waals surface area contributed by atoms with Crippen LogP contribution >= 0.6 is 11.6 Å². The molecule has 3 aromatic carbocycles. The van der Waals surface area contributed by atoms with Crippen LogP contribution in [0, 0.1) is 18.3 Å². The number of aliphatic hydroxyl groups excluding tert-OH is 1. The highest BCUT2D eigenvalue weighted by Crippen LogP contribution is 2.39. The molecule has 2 fully saturated rings. The number of hydrogen-bond acceptors (Lipinski definition) is 9. The van der Waals surface area contributed by atoms with E-state index in [1.165, 1.54) is 19.3 Å². The van der Waals surface area contributed by atoms with Crippen molar-refractivity contribution in [2.24, 2.45) is 0 Å². The number of nitriles is 1. The van der Waals surface area contributed by atoms with Gasteiger partial charge in [-0.15, -0.1) is 0 Å². The number of hydrogen-bond donors (Lipinski definition) is 1. The van der Waals surface area contributed by atoms with E-state index in [1.54, 1.807) is 18.5 Å². The van der Waals surface area contributed by atoms with Gasteiger partial charge in [0.05, 0.1) is 16.7 Å². The summed E-state index contributed by atoms with van der Waals surface area (Å²) < 4.78 is 25.3. The smallest absolute Gasteiger partial charge is 0.162 e. The van der Waals surface area contributed by atoms with Gasteiger partial charge in [0.15, 0.2) is 11.5 Å². The third-order valence-corrected chi connectivity index (χ3v) is 10.4. The summed E-state index contributed by atoms with van der Waals surface area (Å²) in [5.41, 5.74) is 6.62. The number of aromatic nitrogens is 1. The van der Waals surface area contributed by atoms with E-state index in [2.05, 4.69) is 52.0 Å². The van der Waals surface area contributed by atoms with Crippen LogP contribution in [0.25, 0.3) is 11.1 Å². The van der Waals surface area contributed by atoms with E-state index in [0.29, 0.717) is 35.3 Å². The zero-order chi connectivity index (χ0) is 35.2. The Morgan fingerprint density at radius 2 is 1.80 bits per heavy atom. The Morgan fingerprint density at radius 1 is 0.941 bits per heavy atom. The van der Waals surface area contributed by atoms with Crippen molar-refractivity contribution in [3.8, 4) is 40.2 Å². The van der Waals surface area contributed by atoms with E-state index < -0.39 is 0 Å². The van der Waals surface area contributed by atoms with Crippen LogP contribution in [-0.4, -0.2) is 71.4 Å². The first-order chi connectivity index (χ1) is 24.9. The zero-order valence-electron chi connectivity index (χ0n) is 29.2. The molecule has 3 aliphatic rings. The molecule has 2 saturated heterocycles. The maximum Gasteiger partial charge on any atom is 0.162 e. The van der Waals surface area contributed by atoms with Gasteiger partial charge in [-0.3, -0.25) is 9.88 Å². The average molecular weight is 709 g/mol. The van der Waals surface area contributed by atoms with Crippen LogP contribution in [0.3, 0.4) is 0 Å². The first-order valence-corrected chi connectivity index (χ1v) is 18.4. The van der Waals surface area contributed by atoms with Gasteiger partial charge in [-0.25, -0.2) is 0 Å². The maximum absolute atomic E-state index is 9.87. The number of halogens is 1. The highest BCUT2D eigenvalue weighted by molar-refractivity contribution is 6.32. The first kappa shape index (κ1) is 35.1. The molecule has 0 aliphatic carbocycles. The Hall–Kier alpha value is -4.33. The number of nitrogens with zero attached hydrogens (tertiary/aromatic N) is 4. The molecule has 0 amide bonds. The number of pyridine rings is 1. The molecule has 10 heteroatoms. The van der Waals surface area contributed by atoms with Crippen LogP contribution in [0.1, 0.15) is 59.9 Å². The Morgan fingerprint density at radius 3 is 2.63 bits per heavy atom. The fourth-order valence-electron chi connectivity index (χ4n) is 7.17. The summed E-state index contributed by atoms with van der Waals surface area (Å²) in [4.78, 5) is 8.91. The monoisotopic (exact) mass is 708 g/mol. The lowest BCUT2D eigenvalue weighted by atomic mass is 9.96. The maximum atomic E-state index is 9.87. The molecule has 266 valence electrons. The van der Waals surface area contributed by atoms with Gasteiger partial charge in [-0.1, -0.05) is 42.3 Å². The molecular weight excluding hydrogens is 664 g/mol. The average Bonchev–Trinajstić information content (AvgIpc) is 3.58. The third kappa shape index (κ3) is 8.77. The molecule has 1 N–H and O–H groups in total. The lowest BCUT2D eigenvalue weighted by molar-refractivity contribution is 0.0757. The standard InChI is InChI=1S/C41H45ClN4O5/c1-28-32(6-5-7-36(28)31-8-9-38-41(18-31)51-35(27-50-38)11-15-46-14-10-34(47)24-46)26-49-40-19-39(48-25-30-16-29(20-43)21-44-22-30)33(17-37(40)42)23-45-12-3-2-4-13-45/h5-9,16-19,21-22,34-35,47H,2-4,10-15,23-27H2,1H3/t34-,35?/m1/s1. The molecule has 4 aromatic rings. The summed E-state index contributed by atoms with van der Waals surface area (Å²) >= 11 is 6.87. The predicted octanol–water partition coefficient (Wildman–Crippen LogP) is 7.32. The number of rotatable bonds is 12.